The molecule has 3 rings (SSSR count). The van der Waals surface area contributed by atoms with E-state index in [1.165, 1.54) is 0 Å². The molecular formula is C18H21N3O2. The summed E-state index contributed by atoms with van der Waals surface area (Å²) in [6, 6.07) is 13.3. The molecule has 120 valence electrons. The minimum absolute atomic E-state index is 0.136. The third kappa shape index (κ3) is 4.29. The van der Waals surface area contributed by atoms with Gasteiger partial charge < -0.3 is 15.7 Å². The summed E-state index contributed by atoms with van der Waals surface area (Å²) in [6.45, 7) is 0. The number of nitrogens with zero attached hydrogens (tertiary/aromatic N) is 1. The van der Waals surface area contributed by atoms with E-state index in [9.17, 15) is 9.90 Å². The summed E-state index contributed by atoms with van der Waals surface area (Å²) in [7, 11) is 0. The molecule has 0 bridgehead atoms. The number of nitrogens with one attached hydrogen (secondary N) is 2. The molecule has 1 aromatic heterocycles. The molecule has 1 heterocycles. The molecule has 0 atom stereocenters. The zero-order valence-electron chi connectivity index (χ0n) is 12.9. The van der Waals surface area contributed by atoms with E-state index in [-0.39, 0.29) is 18.2 Å². The first-order valence-electron chi connectivity index (χ1n) is 7.98. The van der Waals surface area contributed by atoms with Crippen molar-refractivity contribution in [1.82, 2.24) is 10.3 Å². The average Bonchev–Trinajstić information content (AvgIpc) is 2.58. The van der Waals surface area contributed by atoms with Crippen molar-refractivity contribution >= 4 is 11.7 Å². The highest BCUT2D eigenvalue weighted by Crippen LogP contribution is 2.21. The first-order chi connectivity index (χ1) is 11.2. The lowest BCUT2D eigenvalue weighted by Crippen LogP contribution is -2.40. The van der Waals surface area contributed by atoms with Crippen LogP contribution in [0.3, 0.4) is 0 Å². The third-order valence-electron chi connectivity index (χ3n) is 4.11. The molecule has 0 aliphatic heterocycles. The highest BCUT2D eigenvalue weighted by Gasteiger charge is 2.20. The van der Waals surface area contributed by atoms with Gasteiger partial charge in [-0.2, -0.15) is 0 Å². The Morgan fingerprint density at radius 3 is 2.65 bits per heavy atom. The number of carbonyl (C=O) groups is 1. The van der Waals surface area contributed by atoms with Crippen LogP contribution in [0.5, 0.6) is 0 Å². The van der Waals surface area contributed by atoms with Gasteiger partial charge >= 0.3 is 6.03 Å². The Labute approximate surface area is 135 Å². The van der Waals surface area contributed by atoms with Gasteiger partial charge in [-0.3, -0.25) is 4.98 Å². The van der Waals surface area contributed by atoms with Crippen LogP contribution in [-0.4, -0.2) is 28.3 Å². The van der Waals surface area contributed by atoms with Crippen molar-refractivity contribution in [2.45, 2.75) is 37.8 Å². The number of carbonyl (C=O) groups excluding carboxylic acids is 1. The normalized spacial score (nSPS) is 20.7. The van der Waals surface area contributed by atoms with Crippen LogP contribution in [0.25, 0.3) is 11.3 Å². The van der Waals surface area contributed by atoms with Crippen molar-refractivity contribution in [2.24, 2.45) is 0 Å². The first-order valence-corrected chi connectivity index (χ1v) is 7.98. The van der Waals surface area contributed by atoms with Crippen LogP contribution < -0.4 is 10.6 Å². The molecule has 2 aromatic rings. The molecule has 23 heavy (non-hydrogen) atoms. The third-order valence-corrected chi connectivity index (χ3v) is 4.11. The molecule has 1 aromatic carbocycles. The summed E-state index contributed by atoms with van der Waals surface area (Å²) in [5.74, 6) is 0. The molecular weight excluding hydrogens is 290 g/mol. The Morgan fingerprint density at radius 2 is 1.91 bits per heavy atom. The van der Waals surface area contributed by atoms with Gasteiger partial charge in [0.25, 0.3) is 0 Å². The Balaban J connectivity index is 1.60. The van der Waals surface area contributed by atoms with E-state index in [2.05, 4.69) is 15.6 Å². The number of aromatic nitrogens is 1. The second-order valence-electron chi connectivity index (χ2n) is 5.90. The number of hydrogen-bond donors (Lipinski definition) is 3. The molecule has 0 spiro atoms. The van der Waals surface area contributed by atoms with E-state index in [1.807, 2.05) is 42.5 Å². The maximum atomic E-state index is 12.1. The highest BCUT2D eigenvalue weighted by molar-refractivity contribution is 5.90. The number of benzene rings is 1. The van der Waals surface area contributed by atoms with Gasteiger partial charge in [-0.1, -0.05) is 18.2 Å². The van der Waals surface area contributed by atoms with Gasteiger partial charge in [0.2, 0.25) is 0 Å². The number of aliphatic hydroxyl groups excluding tert-OH is 1. The second-order valence-corrected chi connectivity index (χ2v) is 5.90. The van der Waals surface area contributed by atoms with Gasteiger partial charge in [0.1, 0.15) is 0 Å². The van der Waals surface area contributed by atoms with Crippen LogP contribution in [0.4, 0.5) is 10.5 Å². The fourth-order valence-electron chi connectivity index (χ4n) is 2.86. The molecule has 2 amide bonds. The van der Waals surface area contributed by atoms with Gasteiger partial charge in [0.15, 0.2) is 0 Å². The van der Waals surface area contributed by atoms with E-state index >= 15 is 0 Å². The van der Waals surface area contributed by atoms with Gasteiger partial charge in [-0.25, -0.2) is 4.79 Å². The fraction of sp³-hybridized carbons (Fsp3) is 0.333. The molecule has 3 N–H and O–H groups in total. The SMILES string of the molecule is O=C(Nc1cccc(-c2ccccn2)c1)NC1CCC(O)CC1. The lowest BCUT2D eigenvalue weighted by Gasteiger charge is -2.26. The van der Waals surface area contributed by atoms with Crippen LogP contribution in [-0.2, 0) is 0 Å². The van der Waals surface area contributed by atoms with Crippen LogP contribution in [0.2, 0.25) is 0 Å². The predicted molar refractivity (Wildman–Crippen MR) is 90.1 cm³/mol. The Hall–Kier alpha value is -2.40. The van der Waals surface area contributed by atoms with Gasteiger partial charge in [0.05, 0.1) is 11.8 Å². The number of urea groups is 1. The number of hydrogen-bond acceptors (Lipinski definition) is 3. The maximum absolute atomic E-state index is 12.1. The van der Waals surface area contributed by atoms with Gasteiger partial charge in [0, 0.05) is 23.5 Å². The summed E-state index contributed by atoms with van der Waals surface area (Å²) in [5, 5.41) is 15.3. The zero-order chi connectivity index (χ0) is 16.1. The topological polar surface area (TPSA) is 74.2 Å². The van der Waals surface area contributed by atoms with E-state index in [1.54, 1.807) is 6.20 Å². The quantitative estimate of drug-likeness (QED) is 0.815. The smallest absolute Gasteiger partial charge is 0.319 e. The van der Waals surface area contributed by atoms with E-state index < -0.39 is 0 Å². The van der Waals surface area contributed by atoms with E-state index in [0.29, 0.717) is 0 Å². The van der Waals surface area contributed by atoms with Crippen molar-refractivity contribution in [1.29, 1.82) is 0 Å². The van der Waals surface area contributed by atoms with Crippen molar-refractivity contribution in [3.05, 3.63) is 48.7 Å². The monoisotopic (exact) mass is 311 g/mol. The summed E-state index contributed by atoms with van der Waals surface area (Å²) >= 11 is 0. The average molecular weight is 311 g/mol. The highest BCUT2D eigenvalue weighted by atomic mass is 16.3. The lowest BCUT2D eigenvalue weighted by atomic mass is 9.93. The molecule has 0 saturated heterocycles. The summed E-state index contributed by atoms with van der Waals surface area (Å²) in [6.07, 6.45) is 4.68. The fourth-order valence-corrected chi connectivity index (χ4v) is 2.86. The Kier molecular flexibility index (Phi) is 4.88. The number of anilines is 1. The molecule has 1 fully saturated rings. The minimum Gasteiger partial charge on any atom is -0.393 e. The lowest BCUT2D eigenvalue weighted by molar-refractivity contribution is 0.118. The summed E-state index contributed by atoms with van der Waals surface area (Å²) in [5.41, 5.74) is 2.57. The number of rotatable bonds is 3. The van der Waals surface area contributed by atoms with Crippen LogP contribution in [0, 0.1) is 0 Å². The number of pyridine rings is 1. The first kappa shape index (κ1) is 15.5. The number of aliphatic hydroxyl groups is 1. The maximum Gasteiger partial charge on any atom is 0.319 e. The van der Waals surface area contributed by atoms with Crippen molar-refractivity contribution in [3.63, 3.8) is 0 Å². The molecule has 1 aliphatic carbocycles. The largest absolute Gasteiger partial charge is 0.393 e. The molecule has 0 unspecified atom stereocenters. The molecule has 0 radical (unpaired) electrons. The van der Waals surface area contributed by atoms with Crippen molar-refractivity contribution < 1.29 is 9.90 Å². The standard InChI is InChI=1S/C18H21N3O2/c22-16-9-7-14(8-10-16)20-18(23)21-15-5-3-4-13(12-15)17-6-1-2-11-19-17/h1-6,11-12,14,16,22H,7-10H2,(H2,20,21,23). The van der Waals surface area contributed by atoms with Crippen LogP contribution in [0.1, 0.15) is 25.7 Å². The molecule has 5 nitrogen and oxygen atoms in total. The van der Waals surface area contributed by atoms with E-state index in [0.717, 1.165) is 42.6 Å². The molecule has 1 saturated carbocycles. The summed E-state index contributed by atoms with van der Waals surface area (Å²) < 4.78 is 0. The van der Waals surface area contributed by atoms with Crippen LogP contribution >= 0.6 is 0 Å². The number of amides is 2. The minimum atomic E-state index is -0.217. The van der Waals surface area contributed by atoms with Crippen LogP contribution in [0.15, 0.2) is 48.7 Å². The van der Waals surface area contributed by atoms with E-state index in [4.69, 9.17) is 0 Å². The zero-order valence-corrected chi connectivity index (χ0v) is 12.9. The Bertz CT molecular complexity index is 652. The Morgan fingerprint density at radius 1 is 1.09 bits per heavy atom. The van der Waals surface area contributed by atoms with Crippen molar-refractivity contribution in [2.75, 3.05) is 5.32 Å². The molecule has 1 aliphatic rings. The van der Waals surface area contributed by atoms with Gasteiger partial charge in [-0.05, 0) is 49.9 Å². The second kappa shape index (κ2) is 7.24. The summed E-state index contributed by atoms with van der Waals surface area (Å²) in [4.78, 5) is 16.4. The predicted octanol–water partition coefficient (Wildman–Crippen LogP) is 3.17. The van der Waals surface area contributed by atoms with Crippen molar-refractivity contribution in [3.8, 4) is 11.3 Å². The van der Waals surface area contributed by atoms with Gasteiger partial charge in [-0.15, -0.1) is 0 Å². The molecule has 5 heteroatoms.